The van der Waals surface area contributed by atoms with E-state index < -0.39 is 0 Å². The lowest BCUT2D eigenvalue weighted by Gasteiger charge is -2.15. The lowest BCUT2D eigenvalue weighted by Crippen LogP contribution is -2.27. The second-order valence-electron chi connectivity index (χ2n) is 3.88. The second kappa shape index (κ2) is 4.07. The SMILES string of the molecule is CNC1CCN(C)C[C@@H](C)C1. The summed E-state index contributed by atoms with van der Waals surface area (Å²) in [6.45, 7) is 4.85. The Balaban J connectivity index is 2.39. The number of hydrogen-bond acceptors (Lipinski definition) is 2. The van der Waals surface area contributed by atoms with Crippen molar-refractivity contribution in [1.82, 2.24) is 10.2 Å². The number of hydrogen-bond donors (Lipinski definition) is 1. The molecule has 0 aromatic rings. The van der Waals surface area contributed by atoms with Crippen LogP contribution >= 0.6 is 0 Å². The molecular weight excluding hydrogens is 136 g/mol. The molecule has 1 unspecified atom stereocenters. The van der Waals surface area contributed by atoms with Gasteiger partial charge in [0.15, 0.2) is 0 Å². The van der Waals surface area contributed by atoms with Crippen molar-refractivity contribution in [2.24, 2.45) is 5.92 Å². The van der Waals surface area contributed by atoms with Crippen LogP contribution in [0.2, 0.25) is 0 Å². The normalized spacial score (nSPS) is 35.2. The van der Waals surface area contributed by atoms with E-state index in [1.165, 1.54) is 25.9 Å². The Labute approximate surface area is 70.0 Å². The zero-order valence-corrected chi connectivity index (χ0v) is 7.93. The highest BCUT2D eigenvalue weighted by Crippen LogP contribution is 2.14. The first-order valence-electron chi connectivity index (χ1n) is 4.58. The molecule has 1 aliphatic heterocycles. The molecule has 11 heavy (non-hydrogen) atoms. The van der Waals surface area contributed by atoms with Gasteiger partial charge >= 0.3 is 0 Å². The minimum absolute atomic E-state index is 0.745. The molecule has 0 aromatic carbocycles. The van der Waals surface area contributed by atoms with Gasteiger partial charge in [0.2, 0.25) is 0 Å². The molecule has 2 heteroatoms. The maximum Gasteiger partial charge on any atom is 0.00792 e. The zero-order valence-electron chi connectivity index (χ0n) is 7.93. The third-order valence-electron chi connectivity index (χ3n) is 2.58. The summed E-state index contributed by atoms with van der Waals surface area (Å²) in [4.78, 5) is 2.43. The van der Waals surface area contributed by atoms with Crippen LogP contribution in [-0.2, 0) is 0 Å². The van der Waals surface area contributed by atoms with Crippen molar-refractivity contribution >= 4 is 0 Å². The van der Waals surface area contributed by atoms with Crippen molar-refractivity contribution < 1.29 is 0 Å². The highest BCUT2D eigenvalue weighted by Gasteiger charge is 2.17. The summed E-state index contributed by atoms with van der Waals surface area (Å²) < 4.78 is 0. The van der Waals surface area contributed by atoms with Crippen LogP contribution in [0.5, 0.6) is 0 Å². The highest BCUT2D eigenvalue weighted by atomic mass is 15.1. The van der Waals surface area contributed by atoms with E-state index in [2.05, 4.69) is 31.2 Å². The van der Waals surface area contributed by atoms with Gasteiger partial charge in [-0.3, -0.25) is 0 Å². The maximum absolute atomic E-state index is 3.37. The Hall–Kier alpha value is -0.0800. The molecule has 1 fully saturated rings. The predicted molar refractivity (Wildman–Crippen MR) is 48.7 cm³/mol. The van der Waals surface area contributed by atoms with E-state index in [0.717, 1.165) is 12.0 Å². The van der Waals surface area contributed by atoms with E-state index in [1.54, 1.807) is 0 Å². The predicted octanol–water partition coefficient (Wildman–Crippen LogP) is 0.936. The van der Waals surface area contributed by atoms with Gasteiger partial charge < -0.3 is 10.2 Å². The van der Waals surface area contributed by atoms with Gasteiger partial charge in [-0.1, -0.05) is 6.92 Å². The maximum atomic E-state index is 3.37. The largest absolute Gasteiger partial charge is 0.317 e. The van der Waals surface area contributed by atoms with Crippen LogP contribution in [0.15, 0.2) is 0 Å². The number of likely N-dealkylation sites (tertiary alicyclic amines) is 1. The quantitative estimate of drug-likeness (QED) is 0.608. The fraction of sp³-hybridized carbons (Fsp3) is 1.00. The van der Waals surface area contributed by atoms with Crippen LogP contribution < -0.4 is 5.32 Å². The lowest BCUT2D eigenvalue weighted by molar-refractivity contribution is 0.310. The first-order valence-corrected chi connectivity index (χ1v) is 4.58. The summed E-state index contributed by atoms with van der Waals surface area (Å²) in [5, 5.41) is 3.37. The minimum atomic E-state index is 0.745. The second-order valence-corrected chi connectivity index (χ2v) is 3.88. The molecule has 1 rings (SSSR count). The fourth-order valence-electron chi connectivity index (χ4n) is 1.94. The molecule has 1 aliphatic rings. The molecule has 0 aromatic heterocycles. The fourth-order valence-corrected chi connectivity index (χ4v) is 1.94. The summed E-state index contributed by atoms with van der Waals surface area (Å²) >= 11 is 0. The Morgan fingerprint density at radius 1 is 1.45 bits per heavy atom. The molecular formula is C9H20N2. The number of nitrogens with one attached hydrogen (secondary N) is 1. The van der Waals surface area contributed by atoms with Crippen molar-refractivity contribution in [2.45, 2.75) is 25.8 Å². The smallest absolute Gasteiger partial charge is 0.00792 e. The van der Waals surface area contributed by atoms with Gasteiger partial charge in [0.1, 0.15) is 0 Å². The Morgan fingerprint density at radius 2 is 2.18 bits per heavy atom. The van der Waals surface area contributed by atoms with Crippen LogP contribution in [0, 0.1) is 5.92 Å². The molecule has 1 heterocycles. The molecule has 0 amide bonds. The molecule has 0 saturated carbocycles. The van der Waals surface area contributed by atoms with E-state index >= 15 is 0 Å². The molecule has 2 nitrogen and oxygen atoms in total. The zero-order chi connectivity index (χ0) is 8.27. The highest BCUT2D eigenvalue weighted by molar-refractivity contribution is 4.75. The molecule has 0 bridgehead atoms. The van der Waals surface area contributed by atoms with Crippen molar-refractivity contribution in [3.63, 3.8) is 0 Å². The number of nitrogens with zero attached hydrogens (tertiary/aromatic N) is 1. The van der Waals surface area contributed by atoms with Crippen LogP contribution in [0.1, 0.15) is 19.8 Å². The van der Waals surface area contributed by atoms with Crippen molar-refractivity contribution in [3.8, 4) is 0 Å². The van der Waals surface area contributed by atoms with E-state index in [4.69, 9.17) is 0 Å². The monoisotopic (exact) mass is 156 g/mol. The topological polar surface area (TPSA) is 15.3 Å². The Kier molecular flexibility index (Phi) is 3.34. The lowest BCUT2D eigenvalue weighted by atomic mass is 10.0. The average molecular weight is 156 g/mol. The standard InChI is InChI=1S/C9H20N2/c1-8-6-9(10-2)4-5-11(3)7-8/h8-10H,4-7H2,1-3H3/t8-,9?/m0/s1. The van der Waals surface area contributed by atoms with Crippen molar-refractivity contribution in [2.75, 3.05) is 27.2 Å². The molecule has 66 valence electrons. The first-order chi connectivity index (χ1) is 5.22. The van der Waals surface area contributed by atoms with Gasteiger partial charge in [-0.15, -0.1) is 0 Å². The third kappa shape index (κ3) is 2.80. The molecule has 1 N–H and O–H groups in total. The van der Waals surface area contributed by atoms with Crippen LogP contribution in [0.3, 0.4) is 0 Å². The molecule has 0 radical (unpaired) electrons. The number of rotatable bonds is 1. The van der Waals surface area contributed by atoms with Crippen LogP contribution in [-0.4, -0.2) is 38.1 Å². The average Bonchev–Trinajstić information content (AvgIpc) is 2.11. The van der Waals surface area contributed by atoms with Gasteiger partial charge in [-0.2, -0.15) is 0 Å². The molecule has 0 aliphatic carbocycles. The van der Waals surface area contributed by atoms with Gasteiger partial charge in [-0.25, -0.2) is 0 Å². The van der Waals surface area contributed by atoms with E-state index in [-0.39, 0.29) is 0 Å². The van der Waals surface area contributed by atoms with Crippen LogP contribution in [0.25, 0.3) is 0 Å². The summed E-state index contributed by atoms with van der Waals surface area (Å²) in [7, 11) is 4.29. The van der Waals surface area contributed by atoms with Gasteiger partial charge in [-0.05, 0) is 39.4 Å². The third-order valence-corrected chi connectivity index (χ3v) is 2.58. The molecule has 2 atom stereocenters. The summed E-state index contributed by atoms with van der Waals surface area (Å²) in [5.74, 6) is 0.847. The minimum Gasteiger partial charge on any atom is -0.317 e. The van der Waals surface area contributed by atoms with Gasteiger partial charge in [0.05, 0.1) is 0 Å². The van der Waals surface area contributed by atoms with E-state index in [0.29, 0.717) is 0 Å². The van der Waals surface area contributed by atoms with Crippen LogP contribution in [0.4, 0.5) is 0 Å². The van der Waals surface area contributed by atoms with Gasteiger partial charge in [0, 0.05) is 12.6 Å². The molecule has 0 spiro atoms. The molecule has 1 saturated heterocycles. The van der Waals surface area contributed by atoms with Crippen molar-refractivity contribution in [3.05, 3.63) is 0 Å². The van der Waals surface area contributed by atoms with E-state index in [9.17, 15) is 0 Å². The summed E-state index contributed by atoms with van der Waals surface area (Å²) in [6, 6.07) is 0.745. The van der Waals surface area contributed by atoms with Gasteiger partial charge in [0.25, 0.3) is 0 Å². The Morgan fingerprint density at radius 3 is 2.82 bits per heavy atom. The van der Waals surface area contributed by atoms with Crippen molar-refractivity contribution in [1.29, 1.82) is 0 Å². The van der Waals surface area contributed by atoms with E-state index in [1.807, 2.05) is 0 Å². The summed E-state index contributed by atoms with van der Waals surface area (Å²) in [6.07, 6.45) is 2.64. The Bertz CT molecular complexity index is 114. The first kappa shape index (κ1) is 9.01. The summed E-state index contributed by atoms with van der Waals surface area (Å²) in [5.41, 5.74) is 0.